The summed E-state index contributed by atoms with van der Waals surface area (Å²) < 4.78 is 2.00. The van der Waals surface area contributed by atoms with E-state index in [4.69, 9.17) is 5.73 Å². The molecule has 5 heteroatoms. The van der Waals surface area contributed by atoms with E-state index in [1.165, 1.54) is 0 Å². The Morgan fingerprint density at radius 1 is 1.38 bits per heavy atom. The molecule has 0 unspecified atom stereocenters. The van der Waals surface area contributed by atoms with Gasteiger partial charge in [0.2, 0.25) is 0 Å². The van der Waals surface area contributed by atoms with E-state index in [0.29, 0.717) is 0 Å². The first-order valence-electron chi connectivity index (χ1n) is 3.46. The Bertz CT molecular complexity index is 397. The number of nitrogens with zero attached hydrogens (tertiary/aromatic N) is 2. The van der Waals surface area contributed by atoms with Crippen LogP contribution in [0.3, 0.4) is 0 Å². The second-order valence-electron chi connectivity index (χ2n) is 2.59. The molecule has 0 spiro atoms. The van der Waals surface area contributed by atoms with Gasteiger partial charge in [0.15, 0.2) is 0 Å². The first kappa shape index (κ1) is 12.1. The summed E-state index contributed by atoms with van der Waals surface area (Å²) in [4.78, 5) is 4.16. The molecule has 13 heavy (non-hydrogen) atoms. The number of imidazole rings is 1. The van der Waals surface area contributed by atoms with Gasteiger partial charge < -0.3 is 10.1 Å². The average molecular weight is 220 g/mol. The van der Waals surface area contributed by atoms with Crippen LogP contribution in [0.25, 0.3) is 5.65 Å². The Morgan fingerprint density at radius 3 is 2.77 bits per heavy atom. The van der Waals surface area contributed by atoms with E-state index < -0.39 is 0 Å². The lowest BCUT2D eigenvalue weighted by atomic mass is 10.4. The predicted molar refractivity (Wildman–Crippen MR) is 58.8 cm³/mol. The Balaban J connectivity index is 0.000000720. The zero-order valence-electron chi connectivity index (χ0n) is 7.10. The minimum absolute atomic E-state index is 0. The number of pyridine rings is 1. The number of fused-ring (bicyclic) bond motifs is 1. The molecule has 0 radical (unpaired) electrons. The number of halogens is 2. The summed E-state index contributed by atoms with van der Waals surface area (Å²) in [6, 6.07) is 3.72. The average Bonchev–Trinajstić information content (AvgIpc) is 2.32. The van der Waals surface area contributed by atoms with Gasteiger partial charge in [-0.1, -0.05) is 0 Å². The molecule has 0 atom stereocenters. The molecule has 0 aliphatic rings. The summed E-state index contributed by atoms with van der Waals surface area (Å²) in [6.45, 7) is 2.01. The summed E-state index contributed by atoms with van der Waals surface area (Å²) in [5.74, 6) is 0. The molecule has 0 bridgehead atoms. The maximum Gasteiger partial charge on any atom is 0.138 e. The number of nitrogens with two attached hydrogens (primary N) is 1. The summed E-state index contributed by atoms with van der Waals surface area (Å²) in [5, 5.41) is 0. The third kappa shape index (κ3) is 2.05. The lowest BCUT2D eigenvalue weighted by Crippen LogP contribution is -1.89. The Hall–Kier alpha value is -0.930. The lowest BCUT2D eigenvalue weighted by Gasteiger charge is -1.95. The molecule has 0 aromatic carbocycles. The molecule has 0 fully saturated rings. The van der Waals surface area contributed by atoms with Gasteiger partial charge in [-0.05, 0) is 13.0 Å². The van der Waals surface area contributed by atoms with Crippen LogP contribution >= 0.6 is 24.8 Å². The third-order valence-electron chi connectivity index (χ3n) is 1.72. The quantitative estimate of drug-likeness (QED) is 0.738. The minimum Gasteiger partial charge on any atom is -0.399 e. The lowest BCUT2D eigenvalue weighted by molar-refractivity contribution is 1.11. The van der Waals surface area contributed by atoms with E-state index in [0.717, 1.165) is 17.0 Å². The van der Waals surface area contributed by atoms with Crippen LogP contribution in [-0.2, 0) is 0 Å². The van der Waals surface area contributed by atoms with Crippen LogP contribution in [0.5, 0.6) is 0 Å². The molecule has 2 rings (SSSR count). The number of aryl methyl sites for hydroxylation is 1. The molecule has 2 aromatic rings. The molecule has 0 saturated carbocycles. The topological polar surface area (TPSA) is 43.3 Å². The van der Waals surface area contributed by atoms with Crippen LogP contribution in [-0.4, -0.2) is 9.38 Å². The summed E-state index contributed by atoms with van der Waals surface area (Å²) >= 11 is 0. The molecule has 2 aromatic heterocycles. The van der Waals surface area contributed by atoms with Gasteiger partial charge in [-0.3, -0.25) is 0 Å². The fourth-order valence-electron chi connectivity index (χ4n) is 1.12. The maximum atomic E-state index is 5.58. The van der Waals surface area contributed by atoms with E-state index >= 15 is 0 Å². The number of hydrogen-bond acceptors (Lipinski definition) is 2. The van der Waals surface area contributed by atoms with Gasteiger partial charge in [-0.2, -0.15) is 0 Å². The normalized spacial score (nSPS) is 9.00. The number of hydrogen-bond donors (Lipinski definition) is 1. The molecule has 72 valence electrons. The fourth-order valence-corrected chi connectivity index (χ4v) is 1.12. The monoisotopic (exact) mass is 219 g/mol. The zero-order valence-corrected chi connectivity index (χ0v) is 8.73. The van der Waals surface area contributed by atoms with Gasteiger partial charge in [-0.15, -0.1) is 24.8 Å². The SMILES string of the molecule is Cc1cnc2cc(N)ccn12.Cl.Cl. The smallest absolute Gasteiger partial charge is 0.138 e. The minimum atomic E-state index is 0. The molecule has 0 amide bonds. The van der Waals surface area contributed by atoms with Crippen molar-refractivity contribution in [3.05, 3.63) is 30.2 Å². The van der Waals surface area contributed by atoms with E-state index in [2.05, 4.69) is 4.98 Å². The number of aromatic nitrogens is 2. The van der Waals surface area contributed by atoms with Crippen LogP contribution in [0, 0.1) is 6.92 Å². The van der Waals surface area contributed by atoms with E-state index in [1.807, 2.05) is 35.9 Å². The molecule has 0 aliphatic heterocycles. The van der Waals surface area contributed by atoms with Crippen LogP contribution in [0.1, 0.15) is 5.69 Å². The second kappa shape index (κ2) is 4.35. The van der Waals surface area contributed by atoms with Gasteiger partial charge in [0.1, 0.15) is 5.65 Å². The van der Waals surface area contributed by atoms with Crippen molar-refractivity contribution in [2.75, 3.05) is 5.73 Å². The predicted octanol–water partition coefficient (Wildman–Crippen LogP) is 2.07. The van der Waals surface area contributed by atoms with E-state index in [1.54, 1.807) is 0 Å². The van der Waals surface area contributed by atoms with Crippen LogP contribution < -0.4 is 5.73 Å². The highest BCUT2D eigenvalue weighted by molar-refractivity contribution is 5.85. The van der Waals surface area contributed by atoms with Crippen molar-refractivity contribution in [3.8, 4) is 0 Å². The van der Waals surface area contributed by atoms with Crippen LogP contribution in [0.2, 0.25) is 0 Å². The third-order valence-corrected chi connectivity index (χ3v) is 1.72. The molecular formula is C8H11Cl2N3. The second-order valence-corrected chi connectivity index (χ2v) is 2.59. The van der Waals surface area contributed by atoms with Crippen molar-refractivity contribution < 1.29 is 0 Å². The van der Waals surface area contributed by atoms with Crippen molar-refractivity contribution in [2.45, 2.75) is 6.92 Å². The standard InChI is InChI=1S/C8H9N3.2ClH/c1-6-5-10-8-4-7(9)2-3-11(6)8;;/h2-5H,9H2,1H3;2*1H. The zero-order chi connectivity index (χ0) is 7.84. The molecule has 3 nitrogen and oxygen atoms in total. The van der Waals surface area contributed by atoms with Crippen molar-refractivity contribution in [3.63, 3.8) is 0 Å². The van der Waals surface area contributed by atoms with Crippen molar-refractivity contribution in [1.29, 1.82) is 0 Å². The molecule has 0 saturated heterocycles. The Kier molecular flexibility index (Phi) is 4.04. The van der Waals surface area contributed by atoms with Gasteiger partial charge in [-0.25, -0.2) is 4.98 Å². The fraction of sp³-hybridized carbons (Fsp3) is 0.125. The Labute approximate surface area is 88.8 Å². The van der Waals surface area contributed by atoms with Gasteiger partial charge >= 0.3 is 0 Å². The summed E-state index contributed by atoms with van der Waals surface area (Å²) in [7, 11) is 0. The summed E-state index contributed by atoms with van der Waals surface area (Å²) in [6.07, 6.45) is 3.75. The van der Waals surface area contributed by atoms with Crippen molar-refractivity contribution in [2.24, 2.45) is 0 Å². The van der Waals surface area contributed by atoms with Gasteiger partial charge in [0, 0.05) is 29.8 Å². The largest absolute Gasteiger partial charge is 0.399 e. The van der Waals surface area contributed by atoms with E-state index in [9.17, 15) is 0 Å². The van der Waals surface area contributed by atoms with Crippen LogP contribution in [0.15, 0.2) is 24.5 Å². The summed E-state index contributed by atoms with van der Waals surface area (Å²) in [5.41, 5.74) is 8.36. The molecule has 0 aliphatic carbocycles. The first-order chi connectivity index (χ1) is 5.27. The van der Waals surface area contributed by atoms with Gasteiger partial charge in [0.25, 0.3) is 0 Å². The molecule has 2 N–H and O–H groups in total. The number of anilines is 1. The number of rotatable bonds is 0. The Morgan fingerprint density at radius 2 is 2.08 bits per heavy atom. The molecular weight excluding hydrogens is 209 g/mol. The highest BCUT2D eigenvalue weighted by Crippen LogP contribution is 2.08. The van der Waals surface area contributed by atoms with Crippen molar-refractivity contribution in [1.82, 2.24) is 9.38 Å². The van der Waals surface area contributed by atoms with Gasteiger partial charge in [0.05, 0.1) is 0 Å². The highest BCUT2D eigenvalue weighted by atomic mass is 35.5. The highest BCUT2D eigenvalue weighted by Gasteiger charge is 1.96. The number of nitrogen functional groups attached to an aromatic ring is 1. The first-order valence-corrected chi connectivity index (χ1v) is 3.46. The van der Waals surface area contributed by atoms with Crippen LogP contribution in [0.4, 0.5) is 5.69 Å². The van der Waals surface area contributed by atoms with Crippen molar-refractivity contribution >= 4 is 36.1 Å². The van der Waals surface area contributed by atoms with E-state index in [-0.39, 0.29) is 24.8 Å². The maximum absolute atomic E-state index is 5.58. The molecule has 2 heterocycles.